The molecule has 0 aliphatic carbocycles. The van der Waals surface area contributed by atoms with Gasteiger partial charge in [0.25, 0.3) is 11.1 Å². The Morgan fingerprint density at radius 3 is 2.10 bits per heavy atom. The second-order valence-corrected chi connectivity index (χ2v) is 6.63. The van der Waals surface area contributed by atoms with Crippen molar-refractivity contribution in [1.29, 1.82) is 10.5 Å². The Morgan fingerprint density at radius 1 is 0.897 bits per heavy atom. The average molecular weight is 382 g/mol. The quantitative estimate of drug-likeness (QED) is 0.550. The van der Waals surface area contributed by atoms with Gasteiger partial charge in [0.05, 0.1) is 5.69 Å². The van der Waals surface area contributed by atoms with Crippen molar-refractivity contribution < 1.29 is 0 Å². The number of nitrogens with one attached hydrogen (secondary N) is 2. The van der Waals surface area contributed by atoms with Gasteiger partial charge in [0, 0.05) is 40.5 Å². The molecule has 0 bridgehead atoms. The molecule has 8 nitrogen and oxygen atoms in total. The molecule has 0 amide bonds. The summed E-state index contributed by atoms with van der Waals surface area (Å²) in [5.74, 6) is 0. The fourth-order valence-electron chi connectivity index (χ4n) is 3.26. The van der Waals surface area contributed by atoms with Crippen LogP contribution in [0, 0.1) is 36.5 Å². The van der Waals surface area contributed by atoms with E-state index in [0.717, 1.165) is 11.1 Å². The number of aromatic nitrogens is 4. The minimum absolute atomic E-state index is 0.0243. The highest BCUT2D eigenvalue weighted by molar-refractivity contribution is 5.70. The Hall–Kier alpha value is -4.43. The molecule has 4 rings (SSSR count). The van der Waals surface area contributed by atoms with Crippen LogP contribution in [0.4, 0.5) is 0 Å². The highest BCUT2D eigenvalue weighted by atomic mass is 16.1. The lowest BCUT2D eigenvalue weighted by Gasteiger charge is -2.07. The minimum atomic E-state index is -0.429. The SMILES string of the molecule is Cc1[nH]c(=O)c(C#N)cc1-c1ccc2nc(-c3cc(C#N)c(=O)[nH]c3C)cn2c1. The summed E-state index contributed by atoms with van der Waals surface area (Å²) >= 11 is 0. The van der Waals surface area contributed by atoms with Crippen LogP contribution in [0.3, 0.4) is 0 Å². The van der Waals surface area contributed by atoms with Gasteiger partial charge in [-0.15, -0.1) is 0 Å². The molecule has 4 heterocycles. The molecule has 0 saturated carbocycles. The summed E-state index contributed by atoms with van der Waals surface area (Å²) in [6.45, 7) is 3.52. The predicted octanol–water partition coefficient (Wildman–Crippen LogP) is 2.41. The van der Waals surface area contributed by atoms with E-state index in [2.05, 4.69) is 15.0 Å². The number of aryl methyl sites for hydroxylation is 2. The molecule has 2 N–H and O–H groups in total. The molecule has 4 aromatic heterocycles. The largest absolute Gasteiger partial charge is 0.325 e. The van der Waals surface area contributed by atoms with Crippen LogP contribution in [0.2, 0.25) is 0 Å². The molecule has 0 aliphatic heterocycles. The summed E-state index contributed by atoms with van der Waals surface area (Å²) in [4.78, 5) is 33.5. The summed E-state index contributed by atoms with van der Waals surface area (Å²) in [5, 5.41) is 18.3. The smallest absolute Gasteiger partial charge is 0.266 e. The number of H-pyrrole nitrogens is 2. The van der Waals surface area contributed by atoms with Gasteiger partial charge in [-0.1, -0.05) is 0 Å². The number of aromatic amines is 2. The maximum atomic E-state index is 11.8. The van der Waals surface area contributed by atoms with E-state index in [0.29, 0.717) is 28.3 Å². The van der Waals surface area contributed by atoms with E-state index < -0.39 is 11.1 Å². The first-order chi connectivity index (χ1) is 13.9. The van der Waals surface area contributed by atoms with Crippen molar-refractivity contribution in [2.45, 2.75) is 13.8 Å². The number of nitrogens with zero attached hydrogens (tertiary/aromatic N) is 4. The van der Waals surface area contributed by atoms with Crippen molar-refractivity contribution in [1.82, 2.24) is 19.4 Å². The molecule has 0 unspecified atom stereocenters. The van der Waals surface area contributed by atoms with Gasteiger partial charge in [0.15, 0.2) is 0 Å². The first kappa shape index (κ1) is 18.0. The first-order valence-electron chi connectivity index (χ1n) is 8.69. The van der Waals surface area contributed by atoms with Crippen LogP contribution >= 0.6 is 0 Å². The molecule has 0 saturated heterocycles. The standard InChI is InChI=1S/C21H14N6O2/c1-11-16(5-14(7-22)20(28)24-11)13-3-4-19-26-18(10-27(19)9-13)17-6-15(8-23)21(29)25-12(17)2/h3-6,9-10H,1-2H3,(H,24,28)(H,25,29). The lowest BCUT2D eigenvalue weighted by atomic mass is 10.0. The topological polar surface area (TPSA) is 131 Å². The molecule has 8 heteroatoms. The molecule has 0 spiro atoms. The number of rotatable bonds is 2. The predicted molar refractivity (Wildman–Crippen MR) is 106 cm³/mol. The van der Waals surface area contributed by atoms with Gasteiger partial charge in [0.2, 0.25) is 0 Å². The van der Waals surface area contributed by atoms with Crippen molar-refractivity contribution in [2.75, 3.05) is 0 Å². The Kier molecular flexibility index (Phi) is 4.10. The molecule has 0 aliphatic rings. The maximum Gasteiger partial charge on any atom is 0.266 e. The van der Waals surface area contributed by atoms with Crippen LogP contribution in [0.5, 0.6) is 0 Å². The maximum absolute atomic E-state index is 11.8. The van der Waals surface area contributed by atoms with Gasteiger partial charge in [0.1, 0.15) is 28.9 Å². The summed E-state index contributed by atoms with van der Waals surface area (Å²) in [6, 6.07) is 10.6. The van der Waals surface area contributed by atoms with Crippen LogP contribution < -0.4 is 11.1 Å². The van der Waals surface area contributed by atoms with Crippen LogP contribution in [0.1, 0.15) is 22.5 Å². The molecular weight excluding hydrogens is 368 g/mol. The monoisotopic (exact) mass is 382 g/mol. The normalized spacial score (nSPS) is 10.6. The van der Waals surface area contributed by atoms with Gasteiger partial charge in [-0.3, -0.25) is 9.59 Å². The summed E-state index contributed by atoms with van der Waals surface area (Å²) < 4.78 is 1.82. The molecule has 29 heavy (non-hydrogen) atoms. The van der Waals surface area contributed by atoms with Crippen LogP contribution in [-0.2, 0) is 0 Å². The second kappa shape index (κ2) is 6.63. The molecule has 0 aromatic carbocycles. The zero-order valence-corrected chi connectivity index (χ0v) is 15.6. The molecule has 4 aromatic rings. The first-order valence-corrected chi connectivity index (χ1v) is 8.69. The average Bonchev–Trinajstić information content (AvgIpc) is 3.11. The zero-order valence-electron chi connectivity index (χ0n) is 15.6. The second-order valence-electron chi connectivity index (χ2n) is 6.63. The van der Waals surface area contributed by atoms with E-state index in [1.165, 1.54) is 6.07 Å². The number of hydrogen-bond donors (Lipinski definition) is 2. The fourth-order valence-corrected chi connectivity index (χ4v) is 3.26. The third kappa shape index (κ3) is 2.99. The van der Waals surface area contributed by atoms with E-state index in [4.69, 9.17) is 10.5 Å². The lowest BCUT2D eigenvalue weighted by Crippen LogP contribution is -2.12. The van der Waals surface area contributed by atoms with E-state index >= 15 is 0 Å². The Balaban J connectivity index is 1.87. The minimum Gasteiger partial charge on any atom is -0.325 e. The van der Waals surface area contributed by atoms with Crippen molar-refractivity contribution in [3.63, 3.8) is 0 Å². The lowest BCUT2D eigenvalue weighted by molar-refractivity contribution is 1.12. The Morgan fingerprint density at radius 2 is 1.48 bits per heavy atom. The van der Waals surface area contributed by atoms with Crippen LogP contribution in [0.15, 0.2) is 46.2 Å². The van der Waals surface area contributed by atoms with E-state index in [-0.39, 0.29) is 11.1 Å². The van der Waals surface area contributed by atoms with Crippen molar-refractivity contribution in [3.8, 4) is 34.5 Å². The molecule has 0 radical (unpaired) electrons. The van der Waals surface area contributed by atoms with Crippen molar-refractivity contribution in [2.24, 2.45) is 0 Å². The van der Waals surface area contributed by atoms with E-state index in [1.807, 2.05) is 34.9 Å². The number of fused-ring (bicyclic) bond motifs is 1. The third-order valence-corrected chi connectivity index (χ3v) is 4.76. The summed E-state index contributed by atoms with van der Waals surface area (Å²) in [5.41, 5.74) is 4.01. The van der Waals surface area contributed by atoms with Crippen LogP contribution in [-0.4, -0.2) is 19.4 Å². The van der Waals surface area contributed by atoms with E-state index in [1.54, 1.807) is 26.1 Å². The molecular formula is C21H14N6O2. The fraction of sp³-hybridized carbons (Fsp3) is 0.0952. The molecule has 0 atom stereocenters. The van der Waals surface area contributed by atoms with Gasteiger partial charge in [-0.25, -0.2) is 4.98 Å². The third-order valence-electron chi connectivity index (χ3n) is 4.76. The molecule has 0 fully saturated rings. The highest BCUT2D eigenvalue weighted by Gasteiger charge is 2.13. The number of hydrogen-bond acceptors (Lipinski definition) is 5. The Bertz CT molecular complexity index is 1420. The summed E-state index contributed by atoms with van der Waals surface area (Å²) in [6.07, 6.45) is 3.65. The highest BCUT2D eigenvalue weighted by Crippen LogP contribution is 2.26. The van der Waals surface area contributed by atoms with Gasteiger partial charge in [-0.05, 0) is 38.1 Å². The summed E-state index contributed by atoms with van der Waals surface area (Å²) in [7, 11) is 0. The van der Waals surface area contributed by atoms with Crippen molar-refractivity contribution in [3.05, 3.63) is 79.9 Å². The number of nitriles is 2. The number of imidazole rings is 1. The van der Waals surface area contributed by atoms with Crippen LogP contribution in [0.25, 0.3) is 28.0 Å². The van der Waals surface area contributed by atoms with E-state index in [9.17, 15) is 9.59 Å². The van der Waals surface area contributed by atoms with Gasteiger partial charge in [-0.2, -0.15) is 10.5 Å². The number of pyridine rings is 3. The molecule has 140 valence electrons. The van der Waals surface area contributed by atoms with Gasteiger partial charge < -0.3 is 14.4 Å². The van der Waals surface area contributed by atoms with Crippen molar-refractivity contribution >= 4 is 5.65 Å². The zero-order chi connectivity index (χ0) is 20.7. The Labute approximate surface area is 164 Å². The van der Waals surface area contributed by atoms with Gasteiger partial charge >= 0.3 is 0 Å².